The Morgan fingerprint density at radius 1 is 0.970 bits per heavy atom. The number of rotatable bonds is 5. The van der Waals surface area contributed by atoms with Crippen molar-refractivity contribution >= 4 is 21.9 Å². The molecule has 0 atom stereocenters. The molecule has 0 unspecified atom stereocenters. The van der Waals surface area contributed by atoms with E-state index in [4.69, 9.17) is 4.74 Å². The zero-order valence-electron chi connectivity index (χ0n) is 18.5. The zero-order valence-corrected chi connectivity index (χ0v) is 19.3. The van der Waals surface area contributed by atoms with Gasteiger partial charge in [0.1, 0.15) is 11.5 Å². The highest BCUT2D eigenvalue weighted by Crippen LogP contribution is 2.29. The summed E-state index contributed by atoms with van der Waals surface area (Å²) in [6.45, 7) is 1.71. The Kier molecular flexibility index (Phi) is 6.85. The summed E-state index contributed by atoms with van der Waals surface area (Å²) in [5.74, 6) is -1.01. The van der Waals surface area contributed by atoms with Gasteiger partial charge in [-0.15, -0.1) is 0 Å². The van der Waals surface area contributed by atoms with Gasteiger partial charge in [-0.05, 0) is 62.1 Å². The Balaban J connectivity index is 1.31. The van der Waals surface area contributed by atoms with E-state index < -0.39 is 15.8 Å². The van der Waals surface area contributed by atoms with Gasteiger partial charge in [0.15, 0.2) is 0 Å². The molecule has 10 heteroatoms. The Bertz CT molecular complexity index is 1100. The molecule has 0 saturated carbocycles. The molecule has 2 aliphatic rings. The number of hydrogen-bond acceptors (Lipinski definition) is 5. The van der Waals surface area contributed by atoms with Crippen molar-refractivity contribution in [3.8, 4) is 0 Å². The van der Waals surface area contributed by atoms with Crippen LogP contribution in [0.3, 0.4) is 0 Å². The highest BCUT2D eigenvalue weighted by atomic mass is 32.2. The third kappa shape index (κ3) is 4.81. The molecule has 2 aromatic rings. The molecule has 1 aromatic heterocycles. The summed E-state index contributed by atoms with van der Waals surface area (Å²) in [7, 11) is -2.34. The monoisotopic (exact) mass is 477 g/mol. The standard InChI is InChI=1S/C23H28FN3O5S/c1-32-23(29)21-3-2-12-27(21)19-10-13-25(14-11-19)22(28)17-8-15-26(16-9-17)33(30,31)20-6-4-18(24)5-7-20/h2-7,12,17,19H,8-11,13-16H2,1H3. The average Bonchev–Trinajstić information content (AvgIpc) is 3.33. The summed E-state index contributed by atoms with van der Waals surface area (Å²) < 4.78 is 46.9. The molecule has 1 aromatic carbocycles. The molecule has 8 nitrogen and oxygen atoms in total. The van der Waals surface area contributed by atoms with E-state index in [-0.39, 0.29) is 41.8 Å². The molecule has 0 radical (unpaired) electrons. The molecule has 0 aliphatic carbocycles. The lowest BCUT2D eigenvalue weighted by Gasteiger charge is -2.37. The molecular formula is C23H28FN3O5S. The first-order chi connectivity index (χ1) is 15.8. The third-order valence-corrected chi connectivity index (χ3v) is 8.51. The SMILES string of the molecule is COC(=O)c1cccn1C1CCN(C(=O)C2CCN(S(=O)(=O)c3ccc(F)cc3)CC2)CC1. The molecule has 2 saturated heterocycles. The van der Waals surface area contributed by atoms with Gasteiger partial charge in [-0.3, -0.25) is 4.79 Å². The van der Waals surface area contributed by atoms with Crippen LogP contribution in [0.25, 0.3) is 0 Å². The van der Waals surface area contributed by atoms with Crippen LogP contribution in [0.15, 0.2) is 47.5 Å². The number of amides is 1. The Morgan fingerprint density at radius 3 is 2.21 bits per heavy atom. The summed E-state index contributed by atoms with van der Waals surface area (Å²) in [5.41, 5.74) is 0.511. The minimum absolute atomic E-state index is 0.0621. The predicted molar refractivity (Wildman–Crippen MR) is 119 cm³/mol. The van der Waals surface area contributed by atoms with Crippen LogP contribution in [0.2, 0.25) is 0 Å². The van der Waals surface area contributed by atoms with E-state index >= 15 is 0 Å². The maximum absolute atomic E-state index is 13.1. The van der Waals surface area contributed by atoms with Crippen molar-refractivity contribution in [1.29, 1.82) is 0 Å². The van der Waals surface area contributed by atoms with Crippen molar-refractivity contribution in [3.05, 3.63) is 54.1 Å². The van der Waals surface area contributed by atoms with E-state index in [1.165, 1.54) is 23.5 Å². The quantitative estimate of drug-likeness (QED) is 0.618. The van der Waals surface area contributed by atoms with Crippen molar-refractivity contribution < 1.29 is 27.1 Å². The van der Waals surface area contributed by atoms with Crippen molar-refractivity contribution in [2.75, 3.05) is 33.3 Å². The average molecular weight is 478 g/mol. The summed E-state index contributed by atoms with van der Waals surface area (Å²) >= 11 is 0. The first-order valence-corrected chi connectivity index (χ1v) is 12.5. The zero-order chi connectivity index (χ0) is 23.6. The molecule has 0 bridgehead atoms. The molecule has 1 amide bonds. The smallest absolute Gasteiger partial charge is 0.354 e. The van der Waals surface area contributed by atoms with Gasteiger partial charge in [-0.1, -0.05) is 0 Å². The van der Waals surface area contributed by atoms with E-state index in [9.17, 15) is 22.4 Å². The van der Waals surface area contributed by atoms with E-state index in [0.717, 1.165) is 25.0 Å². The summed E-state index contributed by atoms with van der Waals surface area (Å²) in [4.78, 5) is 26.9. The number of nitrogens with zero attached hydrogens (tertiary/aromatic N) is 3. The van der Waals surface area contributed by atoms with Crippen LogP contribution in [-0.4, -0.2) is 67.4 Å². The van der Waals surface area contributed by atoms with Crippen LogP contribution in [0, 0.1) is 11.7 Å². The van der Waals surface area contributed by atoms with Gasteiger partial charge in [0.2, 0.25) is 15.9 Å². The van der Waals surface area contributed by atoms with Gasteiger partial charge < -0.3 is 14.2 Å². The van der Waals surface area contributed by atoms with Crippen molar-refractivity contribution in [2.24, 2.45) is 5.92 Å². The number of halogens is 1. The number of carbonyl (C=O) groups is 2. The maximum Gasteiger partial charge on any atom is 0.354 e. The van der Waals surface area contributed by atoms with Crippen molar-refractivity contribution in [1.82, 2.24) is 13.8 Å². The number of carbonyl (C=O) groups excluding carboxylic acids is 2. The van der Waals surface area contributed by atoms with Crippen molar-refractivity contribution in [3.63, 3.8) is 0 Å². The van der Waals surface area contributed by atoms with E-state index in [1.807, 2.05) is 21.7 Å². The number of esters is 1. The van der Waals surface area contributed by atoms with Gasteiger partial charge in [0, 0.05) is 44.3 Å². The Labute approximate surface area is 193 Å². The minimum Gasteiger partial charge on any atom is -0.464 e. The lowest BCUT2D eigenvalue weighted by Crippen LogP contribution is -2.46. The van der Waals surface area contributed by atoms with Crippen LogP contribution in [-0.2, 0) is 19.6 Å². The molecular weight excluding hydrogens is 449 g/mol. The highest BCUT2D eigenvalue weighted by molar-refractivity contribution is 7.89. The second-order valence-electron chi connectivity index (χ2n) is 8.48. The predicted octanol–water partition coefficient (Wildman–Crippen LogP) is 2.68. The van der Waals surface area contributed by atoms with Gasteiger partial charge in [0.25, 0.3) is 0 Å². The molecule has 0 N–H and O–H groups in total. The lowest BCUT2D eigenvalue weighted by atomic mass is 9.94. The Hall–Kier alpha value is -2.72. The molecule has 4 rings (SSSR count). The van der Waals surface area contributed by atoms with Crippen LogP contribution >= 0.6 is 0 Å². The number of ether oxygens (including phenoxy) is 1. The molecule has 0 spiro atoms. The molecule has 3 heterocycles. The second-order valence-corrected chi connectivity index (χ2v) is 10.4. The number of aromatic nitrogens is 1. The van der Waals surface area contributed by atoms with Gasteiger partial charge in [-0.2, -0.15) is 4.31 Å². The lowest BCUT2D eigenvalue weighted by molar-refractivity contribution is -0.138. The maximum atomic E-state index is 13.1. The Morgan fingerprint density at radius 2 is 1.61 bits per heavy atom. The van der Waals surface area contributed by atoms with Crippen LogP contribution < -0.4 is 0 Å². The number of methoxy groups -OCH3 is 1. The highest BCUT2D eigenvalue weighted by Gasteiger charge is 2.35. The number of benzene rings is 1. The molecule has 2 fully saturated rings. The van der Waals surface area contributed by atoms with Gasteiger partial charge in [-0.25, -0.2) is 17.6 Å². The second kappa shape index (κ2) is 9.64. The first-order valence-electron chi connectivity index (χ1n) is 11.1. The fourth-order valence-corrected chi connectivity index (χ4v) is 6.18. The largest absolute Gasteiger partial charge is 0.464 e. The van der Waals surface area contributed by atoms with E-state index in [1.54, 1.807) is 6.07 Å². The summed E-state index contributed by atoms with van der Waals surface area (Å²) in [6.07, 6.45) is 4.27. The fraction of sp³-hybridized carbons (Fsp3) is 0.478. The molecule has 2 aliphatic heterocycles. The van der Waals surface area contributed by atoms with Crippen LogP contribution in [0.1, 0.15) is 42.2 Å². The number of sulfonamides is 1. The summed E-state index contributed by atoms with van der Waals surface area (Å²) in [5, 5.41) is 0. The normalized spacial score (nSPS) is 18.9. The van der Waals surface area contributed by atoms with Gasteiger partial charge >= 0.3 is 5.97 Å². The van der Waals surface area contributed by atoms with Crippen molar-refractivity contribution in [2.45, 2.75) is 36.6 Å². The first kappa shape index (κ1) is 23.4. The van der Waals surface area contributed by atoms with Crippen LogP contribution in [0.4, 0.5) is 4.39 Å². The number of likely N-dealkylation sites (tertiary alicyclic amines) is 1. The molecule has 178 valence electrons. The van der Waals surface area contributed by atoms with Gasteiger partial charge in [0.05, 0.1) is 12.0 Å². The summed E-state index contributed by atoms with van der Waals surface area (Å²) in [6, 6.07) is 8.48. The number of piperidine rings is 2. The molecule has 33 heavy (non-hydrogen) atoms. The third-order valence-electron chi connectivity index (χ3n) is 6.60. The van der Waals surface area contributed by atoms with Crippen LogP contribution in [0.5, 0.6) is 0 Å². The minimum atomic E-state index is -3.70. The van der Waals surface area contributed by atoms with E-state index in [0.29, 0.717) is 31.6 Å². The van der Waals surface area contributed by atoms with E-state index in [2.05, 4.69) is 0 Å². The topological polar surface area (TPSA) is 88.9 Å². The fourth-order valence-electron chi connectivity index (χ4n) is 4.71. The number of hydrogen-bond donors (Lipinski definition) is 0.